The molecule has 1 aliphatic heterocycles. The van der Waals surface area contributed by atoms with Crippen LogP contribution >= 0.6 is 12.2 Å². The Balaban J connectivity index is 2.08. The van der Waals surface area contributed by atoms with Crippen molar-refractivity contribution >= 4 is 29.1 Å². The molecule has 124 valence electrons. The lowest BCUT2D eigenvalue weighted by atomic mass is 10.0. The number of hydrogen-bond donors (Lipinski definition) is 3. The molecule has 2 amide bonds. The average Bonchev–Trinajstić information content (AvgIpc) is 2.81. The molecule has 1 aromatic rings. The van der Waals surface area contributed by atoms with Crippen LogP contribution in [0.1, 0.15) is 25.8 Å². The fourth-order valence-electron chi connectivity index (χ4n) is 2.75. The summed E-state index contributed by atoms with van der Waals surface area (Å²) in [7, 11) is 0. The fourth-order valence-corrected chi connectivity index (χ4v) is 3.09. The van der Waals surface area contributed by atoms with Crippen molar-refractivity contribution in [3.05, 3.63) is 35.9 Å². The van der Waals surface area contributed by atoms with E-state index >= 15 is 0 Å². The topological polar surface area (TPSA) is 81.7 Å². The lowest BCUT2D eigenvalue weighted by molar-refractivity contribution is -0.141. The molecule has 0 spiro atoms. The number of rotatable bonds is 6. The fraction of sp³-hybridized carbons (Fsp3) is 0.438. The lowest BCUT2D eigenvalue weighted by Crippen LogP contribution is -2.52. The van der Waals surface area contributed by atoms with E-state index < -0.39 is 18.0 Å². The highest BCUT2D eigenvalue weighted by molar-refractivity contribution is 7.80. The van der Waals surface area contributed by atoms with Gasteiger partial charge < -0.3 is 5.32 Å². The van der Waals surface area contributed by atoms with Crippen LogP contribution in [0.2, 0.25) is 0 Å². The molecule has 7 heteroatoms. The standard InChI is InChI=1S/C16H21N3O3S/c1-10(2)13(14(20)18-22)19-15(21)12(17-16(19)23)9-8-11-6-4-3-5-7-11/h3-7,10,12-13,22H,8-9H2,1-2H3,(H,17,23)(H,18,20)/t12-,13?/m0/s1. The summed E-state index contributed by atoms with van der Waals surface area (Å²) < 4.78 is 0. The highest BCUT2D eigenvalue weighted by Gasteiger charge is 2.43. The minimum atomic E-state index is -0.825. The van der Waals surface area contributed by atoms with Gasteiger partial charge in [0.1, 0.15) is 12.1 Å². The van der Waals surface area contributed by atoms with Gasteiger partial charge in [0, 0.05) is 0 Å². The lowest BCUT2D eigenvalue weighted by Gasteiger charge is -2.27. The van der Waals surface area contributed by atoms with Crippen molar-refractivity contribution in [2.24, 2.45) is 5.92 Å². The van der Waals surface area contributed by atoms with E-state index in [4.69, 9.17) is 17.4 Å². The van der Waals surface area contributed by atoms with E-state index in [2.05, 4.69) is 5.32 Å². The highest BCUT2D eigenvalue weighted by atomic mass is 32.1. The van der Waals surface area contributed by atoms with Crippen LogP contribution in [0.3, 0.4) is 0 Å². The highest BCUT2D eigenvalue weighted by Crippen LogP contribution is 2.20. The molecule has 0 radical (unpaired) electrons. The Morgan fingerprint density at radius 1 is 1.39 bits per heavy atom. The smallest absolute Gasteiger partial charge is 0.266 e. The van der Waals surface area contributed by atoms with E-state index in [0.29, 0.717) is 6.42 Å². The summed E-state index contributed by atoms with van der Waals surface area (Å²) >= 11 is 5.22. The molecule has 1 aromatic carbocycles. The SMILES string of the molecule is CC(C)C(C(=O)NO)N1C(=O)[C@H](CCc2ccccc2)NC1=S. The average molecular weight is 335 g/mol. The summed E-state index contributed by atoms with van der Waals surface area (Å²) in [5.74, 6) is -1.05. The molecule has 1 heterocycles. The van der Waals surface area contributed by atoms with Crippen molar-refractivity contribution < 1.29 is 14.8 Å². The Kier molecular flexibility index (Phi) is 5.68. The molecule has 6 nitrogen and oxygen atoms in total. The van der Waals surface area contributed by atoms with Gasteiger partial charge in [-0.05, 0) is 36.5 Å². The number of amides is 2. The first-order chi connectivity index (χ1) is 11.0. The molecule has 0 saturated carbocycles. The third-order valence-corrected chi connectivity index (χ3v) is 4.22. The summed E-state index contributed by atoms with van der Waals surface area (Å²) in [6, 6.07) is 8.59. The zero-order valence-corrected chi connectivity index (χ0v) is 14.0. The number of aryl methyl sites for hydroxylation is 1. The maximum Gasteiger partial charge on any atom is 0.266 e. The Hall–Kier alpha value is -1.99. The largest absolute Gasteiger partial charge is 0.350 e. The van der Waals surface area contributed by atoms with Gasteiger partial charge in [-0.15, -0.1) is 0 Å². The van der Waals surface area contributed by atoms with Gasteiger partial charge in [0.25, 0.3) is 11.8 Å². The normalized spacial score (nSPS) is 19.0. The second-order valence-corrected chi connectivity index (χ2v) is 6.29. The molecule has 2 rings (SSSR count). The number of hydrogen-bond acceptors (Lipinski definition) is 4. The van der Waals surface area contributed by atoms with Crippen LogP contribution in [0.15, 0.2) is 30.3 Å². The molecule has 1 unspecified atom stereocenters. The third-order valence-electron chi connectivity index (χ3n) is 3.91. The van der Waals surface area contributed by atoms with Gasteiger partial charge >= 0.3 is 0 Å². The van der Waals surface area contributed by atoms with Gasteiger partial charge in [0.15, 0.2) is 5.11 Å². The Labute approximate surface area is 140 Å². The number of thiocarbonyl (C=S) groups is 1. The Morgan fingerprint density at radius 2 is 2.04 bits per heavy atom. The zero-order valence-electron chi connectivity index (χ0n) is 13.2. The number of carbonyl (C=O) groups is 2. The molecule has 1 aliphatic rings. The molecule has 1 saturated heterocycles. The number of hydroxylamine groups is 1. The second-order valence-electron chi connectivity index (χ2n) is 5.90. The quantitative estimate of drug-likeness (QED) is 0.414. The van der Waals surface area contributed by atoms with E-state index in [0.717, 1.165) is 12.0 Å². The van der Waals surface area contributed by atoms with E-state index in [1.165, 1.54) is 4.90 Å². The van der Waals surface area contributed by atoms with E-state index in [9.17, 15) is 9.59 Å². The van der Waals surface area contributed by atoms with Crippen LogP contribution in [-0.4, -0.2) is 39.1 Å². The summed E-state index contributed by atoms with van der Waals surface area (Å²) in [5, 5.41) is 12.1. The molecule has 2 atom stereocenters. The number of benzene rings is 1. The van der Waals surface area contributed by atoms with Crippen LogP contribution < -0.4 is 10.8 Å². The van der Waals surface area contributed by atoms with Gasteiger partial charge in [-0.3, -0.25) is 19.7 Å². The van der Waals surface area contributed by atoms with Crippen molar-refractivity contribution in [2.45, 2.75) is 38.8 Å². The first-order valence-corrected chi connectivity index (χ1v) is 7.98. The third kappa shape index (κ3) is 3.86. The maximum absolute atomic E-state index is 12.6. The van der Waals surface area contributed by atoms with E-state index in [-0.39, 0.29) is 16.9 Å². The molecule has 0 bridgehead atoms. The van der Waals surface area contributed by atoms with Crippen molar-refractivity contribution in [3.8, 4) is 0 Å². The van der Waals surface area contributed by atoms with Gasteiger partial charge in [0.05, 0.1) is 0 Å². The van der Waals surface area contributed by atoms with Crippen LogP contribution in [-0.2, 0) is 16.0 Å². The maximum atomic E-state index is 12.6. The summed E-state index contributed by atoms with van der Waals surface area (Å²) in [6.07, 6.45) is 1.32. The van der Waals surface area contributed by atoms with E-state index in [1.807, 2.05) is 30.3 Å². The molecule has 23 heavy (non-hydrogen) atoms. The van der Waals surface area contributed by atoms with Gasteiger partial charge in [0.2, 0.25) is 0 Å². The van der Waals surface area contributed by atoms with E-state index in [1.54, 1.807) is 19.3 Å². The van der Waals surface area contributed by atoms with Crippen molar-refractivity contribution in [3.63, 3.8) is 0 Å². The summed E-state index contributed by atoms with van der Waals surface area (Å²) in [4.78, 5) is 25.8. The second kappa shape index (κ2) is 7.52. The summed E-state index contributed by atoms with van der Waals surface area (Å²) in [6.45, 7) is 3.60. The minimum absolute atomic E-state index is 0.182. The van der Waals surface area contributed by atoms with Crippen molar-refractivity contribution in [1.29, 1.82) is 0 Å². The van der Waals surface area contributed by atoms with Gasteiger partial charge in [-0.25, -0.2) is 5.48 Å². The Morgan fingerprint density at radius 3 is 2.61 bits per heavy atom. The summed E-state index contributed by atoms with van der Waals surface area (Å²) in [5.41, 5.74) is 2.76. The van der Waals surface area contributed by atoms with Crippen LogP contribution in [0.5, 0.6) is 0 Å². The molecule has 1 fully saturated rings. The number of nitrogens with one attached hydrogen (secondary N) is 2. The first-order valence-electron chi connectivity index (χ1n) is 7.57. The zero-order chi connectivity index (χ0) is 17.0. The van der Waals surface area contributed by atoms with Crippen LogP contribution in [0, 0.1) is 5.92 Å². The van der Waals surface area contributed by atoms with Crippen molar-refractivity contribution in [2.75, 3.05) is 0 Å². The predicted molar refractivity (Wildman–Crippen MR) is 89.7 cm³/mol. The molecule has 0 aromatic heterocycles. The first kappa shape index (κ1) is 17.4. The minimum Gasteiger partial charge on any atom is -0.350 e. The molecular weight excluding hydrogens is 314 g/mol. The van der Waals surface area contributed by atoms with Crippen molar-refractivity contribution in [1.82, 2.24) is 15.7 Å². The Bertz CT molecular complexity index is 591. The monoisotopic (exact) mass is 335 g/mol. The van der Waals surface area contributed by atoms with Crippen LogP contribution in [0.25, 0.3) is 0 Å². The molecule has 3 N–H and O–H groups in total. The van der Waals surface area contributed by atoms with Gasteiger partial charge in [-0.1, -0.05) is 44.2 Å². The van der Waals surface area contributed by atoms with Gasteiger partial charge in [-0.2, -0.15) is 0 Å². The number of carbonyl (C=O) groups excluding carboxylic acids is 2. The molecule has 0 aliphatic carbocycles. The van der Waals surface area contributed by atoms with Crippen LogP contribution in [0.4, 0.5) is 0 Å². The number of nitrogens with zero attached hydrogens (tertiary/aromatic N) is 1. The molecular formula is C16H21N3O3S. The predicted octanol–water partition coefficient (Wildman–Crippen LogP) is 1.23.